The predicted octanol–water partition coefficient (Wildman–Crippen LogP) is 2.16. The predicted molar refractivity (Wildman–Crippen MR) is 87.5 cm³/mol. The van der Waals surface area contributed by atoms with Crippen LogP contribution in [-0.4, -0.2) is 56.8 Å². The maximum atomic E-state index is 11.5. The molecule has 0 spiro atoms. The number of carbonyl (C=O) groups excluding carboxylic acids is 1. The molecule has 0 aliphatic carbocycles. The van der Waals surface area contributed by atoms with E-state index in [1.807, 2.05) is 19.1 Å². The van der Waals surface area contributed by atoms with Crippen LogP contribution < -0.4 is 9.64 Å². The molecular weight excluding hydrogens is 280 g/mol. The molecule has 22 heavy (non-hydrogen) atoms. The first-order chi connectivity index (χ1) is 10.7. The van der Waals surface area contributed by atoms with Crippen LogP contribution in [0.5, 0.6) is 5.75 Å². The smallest absolute Gasteiger partial charge is 0.320 e. The first kappa shape index (κ1) is 16.6. The summed E-state index contributed by atoms with van der Waals surface area (Å²) in [5, 5.41) is 0. The average Bonchev–Trinajstić information content (AvgIpc) is 2.54. The summed E-state index contributed by atoms with van der Waals surface area (Å²) in [5.41, 5.74) is 1.21. The number of anilines is 1. The third-order valence-corrected chi connectivity index (χ3v) is 3.71. The number of hydrogen-bond acceptors (Lipinski definition) is 5. The second-order valence-electron chi connectivity index (χ2n) is 5.41. The molecule has 1 aromatic rings. The third kappa shape index (κ3) is 4.91. The zero-order valence-corrected chi connectivity index (χ0v) is 13.6. The molecule has 0 saturated carbocycles. The number of nitrogens with zero attached hydrogens (tertiary/aromatic N) is 2. The molecule has 122 valence electrons. The van der Waals surface area contributed by atoms with Crippen molar-refractivity contribution in [1.82, 2.24) is 4.90 Å². The zero-order valence-electron chi connectivity index (χ0n) is 13.6. The lowest BCUT2D eigenvalue weighted by Gasteiger charge is -2.35. The Hall–Kier alpha value is -1.75. The summed E-state index contributed by atoms with van der Waals surface area (Å²) in [6.45, 7) is 9.15. The number of hydrogen-bond donors (Lipinski definition) is 0. The van der Waals surface area contributed by atoms with Crippen molar-refractivity contribution in [3.63, 3.8) is 0 Å². The van der Waals surface area contributed by atoms with Gasteiger partial charge in [0.2, 0.25) is 0 Å². The molecule has 0 amide bonds. The van der Waals surface area contributed by atoms with Gasteiger partial charge in [0, 0.05) is 31.9 Å². The van der Waals surface area contributed by atoms with E-state index < -0.39 is 0 Å². The Morgan fingerprint density at radius 3 is 2.36 bits per heavy atom. The van der Waals surface area contributed by atoms with Crippen LogP contribution >= 0.6 is 0 Å². The van der Waals surface area contributed by atoms with Crippen LogP contribution in [0.1, 0.15) is 20.3 Å². The van der Waals surface area contributed by atoms with Gasteiger partial charge in [-0.15, -0.1) is 0 Å². The van der Waals surface area contributed by atoms with Gasteiger partial charge in [0.05, 0.1) is 19.8 Å². The second-order valence-corrected chi connectivity index (χ2v) is 5.41. The summed E-state index contributed by atoms with van der Waals surface area (Å²) in [4.78, 5) is 16.0. The van der Waals surface area contributed by atoms with Crippen molar-refractivity contribution in [2.75, 3.05) is 50.8 Å². The van der Waals surface area contributed by atoms with E-state index in [1.54, 1.807) is 0 Å². The maximum Gasteiger partial charge on any atom is 0.320 e. The van der Waals surface area contributed by atoms with Gasteiger partial charge < -0.3 is 14.4 Å². The molecule has 1 saturated heterocycles. The van der Waals surface area contributed by atoms with E-state index in [0.717, 1.165) is 45.0 Å². The molecular formula is C17H26N2O3. The van der Waals surface area contributed by atoms with Crippen molar-refractivity contribution in [2.45, 2.75) is 20.3 Å². The Morgan fingerprint density at radius 2 is 1.77 bits per heavy atom. The molecule has 5 nitrogen and oxygen atoms in total. The minimum atomic E-state index is -0.131. The summed E-state index contributed by atoms with van der Waals surface area (Å²) in [5.74, 6) is 0.792. The number of rotatable bonds is 7. The van der Waals surface area contributed by atoms with Crippen molar-refractivity contribution in [3.8, 4) is 5.75 Å². The van der Waals surface area contributed by atoms with E-state index >= 15 is 0 Å². The first-order valence-corrected chi connectivity index (χ1v) is 8.08. The fourth-order valence-corrected chi connectivity index (χ4v) is 2.53. The van der Waals surface area contributed by atoms with Crippen molar-refractivity contribution in [3.05, 3.63) is 24.3 Å². The molecule has 0 N–H and O–H groups in total. The Morgan fingerprint density at radius 1 is 1.09 bits per heavy atom. The van der Waals surface area contributed by atoms with Crippen LogP contribution in [-0.2, 0) is 9.53 Å². The number of esters is 1. The van der Waals surface area contributed by atoms with Crippen LogP contribution in [0.2, 0.25) is 0 Å². The largest absolute Gasteiger partial charge is 0.494 e. The molecule has 1 aromatic carbocycles. The van der Waals surface area contributed by atoms with Gasteiger partial charge in [0.1, 0.15) is 5.75 Å². The molecule has 1 aliphatic rings. The summed E-state index contributed by atoms with van der Waals surface area (Å²) in [6.07, 6.45) is 1.02. The molecule has 0 unspecified atom stereocenters. The van der Waals surface area contributed by atoms with Crippen molar-refractivity contribution in [1.29, 1.82) is 0 Å². The van der Waals surface area contributed by atoms with E-state index in [-0.39, 0.29) is 5.97 Å². The number of ether oxygens (including phenoxy) is 2. The van der Waals surface area contributed by atoms with Crippen molar-refractivity contribution in [2.24, 2.45) is 0 Å². The molecule has 0 atom stereocenters. The molecule has 1 aliphatic heterocycles. The summed E-state index contributed by atoms with van der Waals surface area (Å²) in [6, 6.07) is 8.25. The lowest BCUT2D eigenvalue weighted by molar-refractivity contribution is -0.144. The van der Waals surface area contributed by atoms with Gasteiger partial charge in [-0.3, -0.25) is 9.69 Å². The van der Waals surface area contributed by atoms with E-state index in [2.05, 4.69) is 28.9 Å². The van der Waals surface area contributed by atoms with Crippen LogP contribution in [0.25, 0.3) is 0 Å². The molecule has 2 rings (SSSR count). The lowest BCUT2D eigenvalue weighted by Crippen LogP contribution is -2.48. The molecule has 1 fully saturated rings. The highest BCUT2D eigenvalue weighted by Gasteiger charge is 2.19. The Bertz CT molecular complexity index is 453. The van der Waals surface area contributed by atoms with Gasteiger partial charge in [-0.25, -0.2) is 0 Å². The highest BCUT2D eigenvalue weighted by molar-refractivity contribution is 5.71. The van der Waals surface area contributed by atoms with Crippen molar-refractivity contribution < 1.29 is 14.3 Å². The highest BCUT2D eigenvalue weighted by Crippen LogP contribution is 2.20. The van der Waals surface area contributed by atoms with Crippen LogP contribution in [0.4, 0.5) is 5.69 Å². The standard InChI is InChI=1S/C17H26N2O3/c1-3-13-22-16-7-5-15(6-8-16)19-11-9-18(10-12-19)14-17(20)21-4-2/h5-8H,3-4,9-14H2,1-2H3. The molecule has 0 bridgehead atoms. The second kappa shape index (κ2) is 8.63. The molecule has 5 heteroatoms. The summed E-state index contributed by atoms with van der Waals surface area (Å²) >= 11 is 0. The van der Waals surface area contributed by atoms with Crippen LogP contribution in [0.15, 0.2) is 24.3 Å². The normalized spacial score (nSPS) is 15.6. The summed E-state index contributed by atoms with van der Waals surface area (Å²) in [7, 11) is 0. The van der Waals surface area contributed by atoms with Crippen molar-refractivity contribution >= 4 is 11.7 Å². The SMILES string of the molecule is CCCOc1ccc(N2CCN(CC(=O)OCC)CC2)cc1. The van der Waals surface area contributed by atoms with E-state index in [1.165, 1.54) is 5.69 Å². The molecule has 1 heterocycles. The first-order valence-electron chi connectivity index (χ1n) is 8.08. The Kier molecular flexibility index (Phi) is 6.52. The minimum absolute atomic E-state index is 0.131. The number of piperazine rings is 1. The summed E-state index contributed by atoms with van der Waals surface area (Å²) < 4.78 is 10.6. The molecule has 0 aromatic heterocycles. The topological polar surface area (TPSA) is 42.0 Å². The maximum absolute atomic E-state index is 11.5. The highest BCUT2D eigenvalue weighted by atomic mass is 16.5. The van der Waals surface area contributed by atoms with E-state index in [0.29, 0.717) is 13.2 Å². The molecule has 0 radical (unpaired) electrons. The number of benzene rings is 1. The van der Waals surface area contributed by atoms with E-state index in [4.69, 9.17) is 9.47 Å². The van der Waals surface area contributed by atoms with Crippen LogP contribution in [0, 0.1) is 0 Å². The van der Waals surface area contributed by atoms with Gasteiger partial charge in [-0.1, -0.05) is 6.92 Å². The van der Waals surface area contributed by atoms with Gasteiger partial charge in [0.25, 0.3) is 0 Å². The lowest BCUT2D eigenvalue weighted by atomic mass is 10.2. The minimum Gasteiger partial charge on any atom is -0.494 e. The Labute approximate surface area is 132 Å². The van der Waals surface area contributed by atoms with Gasteiger partial charge in [-0.05, 0) is 37.6 Å². The fourth-order valence-electron chi connectivity index (χ4n) is 2.53. The van der Waals surface area contributed by atoms with Gasteiger partial charge in [0.15, 0.2) is 0 Å². The fraction of sp³-hybridized carbons (Fsp3) is 0.588. The third-order valence-electron chi connectivity index (χ3n) is 3.71. The average molecular weight is 306 g/mol. The number of carbonyl (C=O) groups is 1. The monoisotopic (exact) mass is 306 g/mol. The quantitative estimate of drug-likeness (QED) is 0.722. The van der Waals surface area contributed by atoms with Crippen LogP contribution in [0.3, 0.4) is 0 Å². The zero-order chi connectivity index (χ0) is 15.8. The van der Waals surface area contributed by atoms with Gasteiger partial charge in [-0.2, -0.15) is 0 Å². The van der Waals surface area contributed by atoms with E-state index in [9.17, 15) is 4.79 Å². The Balaban J connectivity index is 1.80. The van der Waals surface area contributed by atoms with Gasteiger partial charge >= 0.3 is 5.97 Å².